The number of halogens is 2. The van der Waals surface area contributed by atoms with Gasteiger partial charge in [-0.25, -0.2) is 0 Å². The van der Waals surface area contributed by atoms with Crippen LogP contribution in [0.3, 0.4) is 0 Å². The Labute approximate surface area is 105 Å². The van der Waals surface area contributed by atoms with E-state index in [9.17, 15) is 0 Å². The Morgan fingerprint density at radius 3 is 2.80 bits per heavy atom. The molecule has 1 aromatic carbocycles. The van der Waals surface area contributed by atoms with Gasteiger partial charge in [-0.1, -0.05) is 58.9 Å². The van der Waals surface area contributed by atoms with Crippen molar-refractivity contribution in [3.8, 4) is 0 Å². The molecule has 1 fully saturated rings. The van der Waals surface area contributed by atoms with Gasteiger partial charge in [-0.15, -0.1) is 0 Å². The van der Waals surface area contributed by atoms with Crippen LogP contribution in [0, 0.1) is 5.92 Å². The van der Waals surface area contributed by atoms with Crippen LogP contribution in [0.5, 0.6) is 0 Å². The Morgan fingerprint density at radius 2 is 2.20 bits per heavy atom. The van der Waals surface area contributed by atoms with E-state index in [4.69, 9.17) is 11.6 Å². The topological polar surface area (TPSA) is 0 Å². The van der Waals surface area contributed by atoms with Crippen LogP contribution in [-0.4, -0.2) is 4.83 Å². The molecule has 15 heavy (non-hydrogen) atoms. The number of benzene rings is 1. The van der Waals surface area contributed by atoms with Crippen LogP contribution in [0.2, 0.25) is 5.02 Å². The van der Waals surface area contributed by atoms with Crippen molar-refractivity contribution in [3.63, 3.8) is 0 Å². The highest BCUT2D eigenvalue weighted by Gasteiger charge is 2.20. The highest BCUT2D eigenvalue weighted by molar-refractivity contribution is 9.09. The molecule has 1 aliphatic carbocycles. The fraction of sp³-hybridized carbons (Fsp3) is 0.538. The summed E-state index contributed by atoms with van der Waals surface area (Å²) in [6.45, 7) is 0. The van der Waals surface area contributed by atoms with Gasteiger partial charge in [-0.2, -0.15) is 0 Å². The molecule has 82 valence electrons. The lowest BCUT2D eigenvalue weighted by molar-refractivity contribution is 0.294. The Hall–Kier alpha value is -0.0100. The maximum atomic E-state index is 5.96. The molecule has 1 aliphatic rings. The highest BCUT2D eigenvalue weighted by atomic mass is 79.9. The Kier molecular flexibility index (Phi) is 4.10. The zero-order valence-corrected chi connectivity index (χ0v) is 11.1. The minimum absolute atomic E-state index is 0.612. The summed E-state index contributed by atoms with van der Waals surface area (Å²) in [6.07, 6.45) is 6.69. The first-order valence-electron chi connectivity index (χ1n) is 5.62. The minimum atomic E-state index is 0.612. The predicted octanol–water partition coefficient (Wildman–Crippen LogP) is 4.84. The molecule has 2 heteroatoms. The molecular weight excluding hydrogens is 272 g/mol. The van der Waals surface area contributed by atoms with Crippen molar-refractivity contribution in [2.24, 2.45) is 5.92 Å². The summed E-state index contributed by atoms with van der Waals surface area (Å²) in [5, 5.41) is 0.843. The van der Waals surface area contributed by atoms with E-state index in [1.165, 1.54) is 31.2 Å². The summed E-state index contributed by atoms with van der Waals surface area (Å²) >= 11 is 9.73. The number of alkyl halides is 1. The molecule has 2 rings (SSSR count). The fourth-order valence-corrected chi connectivity index (χ4v) is 3.21. The van der Waals surface area contributed by atoms with Crippen LogP contribution in [0.15, 0.2) is 24.3 Å². The maximum absolute atomic E-state index is 5.96. The monoisotopic (exact) mass is 286 g/mol. The molecule has 0 heterocycles. The van der Waals surface area contributed by atoms with Gasteiger partial charge in [-0.05, 0) is 36.5 Å². The standard InChI is InChI=1S/C13H16BrCl/c14-12(7-10-3-1-4-10)8-11-5-2-6-13(15)9-11/h2,5-6,9-10,12H,1,3-4,7-8H2. The first kappa shape index (κ1) is 11.5. The van der Waals surface area contributed by atoms with Gasteiger partial charge in [0.15, 0.2) is 0 Å². The Balaban J connectivity index is 1.84. The van der Waals surface area contributed by atoms with Crippen molar-refractivity contribution in [3.05, 3.63) is 34.9 Å². The summed E-state index contributed by atoms with van der Waals surface area (Å²) in [5.74, 6) is 0.966. The van der Waals surface area contributed by atoms with E-state index in [1.54, 1.807) is 0 Å². The lowest BCUT2D eigenvalue weighted by Gasteiger charge is -2.27. The van der Waals surface area contributed by atoms with Crippen LogP contribution in [-0.2, 0) is 6.42 Å². The van der Waals surface area contributed by atoms with Gasteiger partial charge in [0.2, 0.25) is 0 Å². The van der Waals surface area contributed by atoms with E-state index in [1.807, 2.05) is 12.1 Å². The van der Waals surface area contributed by atoms with Crippen LogP contribution in [0.25, 0.3) is 0 Å². The van der Waals surface area contributed by atoms with Gasteiger partial charge >= 0.3 is 0 Å². The average molecular weight is 288 g/mol. The molecule has 0 aliphatic heterocycles. The Bertz CT molecular complexity index is 320. The number of hydrogen-bond acceptors (Lipinski definition) is 0. The van der Waals surface area contributed by atoms with Crippen molar-refractivity contribution in [2.45, 2.75) is 36.9 Å². The fourth-order valence-electron chi connectivity index (χ4n) is 2.09. The summed E-state index contributed by atoms with van der Waals surface area (Å²) in [7, 11) is 0. The van der Waals surface area contributed by atoms with E-state index in [-0.39, 0.29) is 0 Å². The molecule has 0 radical (unpaired) electrons. The van der Waals surface area contributed by atoms with Gasteiger partial charge in [-0.3, -0.25) is 0 Å². The molecule has 0 nitrogen and oxygen atoms in total. The molecule has 0 aromatic heterocycles. The van der Waals surface area contributed by atoms with E-state index in [0.29, 0.717) is 4.83 Å². The van der Waals surface area contributed by atoms with Crippen molar-refractivity contribution < 1.29 is 0 Å². The first-order chi connectivity index (χ1) is 7.24. The largest absolute Gasteiger partial charge is 0.0887 e. The smallest absolute Gasteiger partial charge is 0.0408 e. The van der Waals surface area contributed by atoms with E-state index < -0.39 is 0 Å². The lowest BCUT2D eigenvalue weighted by Crippen LogP contribution is -2.17. The van der Waals surface area contributed by atoms with Gasteiger partial charge < -0.3 is 0 Å². The van der Waals surface area contributed by atoms with Crippen LogP contribution >= 0.6 is 27.5 Å². The summed E-state index contributed by atoms with van der Waals surface area (Å²) < 4.78 is 0. The van der Waals surface area contributed by atoms with Gasteiger partial charge in [0.05, 0.1) is 0 Å². The van der Waals surface area contributed by atoms with Crippen LogP contribution in [0.4, 0.5) is 0 Å². The quantitative estimate of drug-likeness (QED) is 0.695. The maximum Gasteiger partial charge on any atom is 0.0408 e. The molecule has 0 saturated heterocycles. The highest BCUT2D eigenvalue weighted by Crippen LogP contribution is 2.33. The third kappa shape index (κ3) is 3.49. The van der Waals surface area contributed by atoms with E-state index in [0.717, 1.165) is 17.4 Å². The van der Waals surface area contributed by atoms with Crippen LogP contribution in [0.1, 0.15) is 31.2 Å². The first-order valence-corrected chi connectivity index (χ1v) is 6.92. The zero-order valence-electron chi connectivity index (χ0n) is 8.76. The number of rotatable bonds is 4. The van der Waals surface area contributed by atoms with Gasteiger partial charge in [0.1, 0.15) is 0 Å². The van der Waals surface area contributed by atoms with Crippen molar-refractivity contribution >= 4 is 27.5 Å². The third-order valence-corrected chi connectivity index (χ3v) is 4.09. The second-order valence-electron chi connectivity index (χ2n) is 4.46. The van der Waals surface area contributed by atoms with Crippen molar-refractivity contribution in [1.82, 2.24) is 0 Å². The molecule has 1 atom stereocenters. The van der Waals surface area contributed by atoms with Gasteiger partial charge in [0.25, 0.3) is 0 Å². The molecule has 0 spiro atoms. The molecule has 1 aromatic rings. The molecule has 1 unspecified atom stereocenters. The average Bonchev–Trinajstić information content (AvgIpc) is 2.11. The lowest BCUT2D eigenvalue weighted by atomic mass is 9.81. The van der Waals surface area contributed by atoms with E-state index >= 15 is 0 Å². The van der Waals surface area contributed by atoms with Crippen LogP contribution < -0.4 is 0 Å². The molecular formula is C13H16BrCl. The zero-order chi connectivity index (χ0) is 10.7. The second kappa shape index (κ2) is 5.36. The van der Waals surface area contributed by atoms with Crippen molar-refractivity contribution in [2.75, 3.05) is 0 Å². The summed E-state index contributed by atoms with van der Waals surface area (Å²) in [6, 6.07) is 8.18. The molecule has 0 bridgehead atoms. The van der Waals surface area contributed by atoms with Gasteiger partial charge in [0, 0.05) is 9.85 Å². The molecule has 1 saturated carbocycles. The summed E-state index contributed by atoms with van der Waals surface area (Å²) in [5.41, 5.74) is 1.34. The molecule has 0 N–H and O–H groups in total. The van der Waals surface area contributed by atoms with Crippen molar-refractivity contribution in [1.29, 1.82) is 0 Å². The van der Waals surface area contributed by atoms with E-state index in [2.05, 4.69) is 28.1 Å². The molecule has 0 amide bonds. The SMILES string of the molecule is Clc1cccc(CC(Br)CC2CCC2)c1. The normalized spacial score (nSPS) is 18.5. The Morgan fingerprint density at radius 1 is 1.40 bits per heavy atom. The second-order valence-corrected chi connectivity index (χ2v) is 6.20. The summed E-state index contributed by atoms with van der Waals surface area (Å²) in [4.78, 5) is 0.612. The minimum Gasteiger partial charge on any atom is -0.0887 e. The number of hydrogen-bond donors (Lipinski definition) is 0. The predicted molar refractivity (Wildman–Crippen MR) is 69.8 cm³/mol. The third-order valence-electron chi connectivity index (χ3n) is 3.16.